The quantitative estimate of drug-likeness (QED) is 0.351. The van der Waals surface area contributed by atoms with E-state index in [1.54, 1.807) is 20.8 Å². The molecule has 32 heavy (non-hydrogen) atoms. The number of hydrogen-bond acceptors (Lipinski definition) is 5. The maximum absolute atomic E-state index is 15.4. The summed E-state index contributed by atoms with van der Waals surface area (Å²) >= 11 is 0. The molecule has 0 amide bonds. The second-order valence-electron chi connectivity index (χ2n) is 8.00. The molecule has 168 valence electrons. The van der Waals surface area contributed by atoms with Crippen LogP contribution in [0.2, 0.25) is 0 Å². The van der Waals surface area contributed by atoms with Crippen LogP contribution < -0.4 is 5.73 Å². The number of benzene rings is 2. The van der Waals surface area contributed by atoms with Crippen molar-refractivity contribution < 1.29 is 32.6 Å². The van der Waals surface area contributed by atoms with Crippen LogP contribution >= 0.6 is 0 Å². The third-order valence-electron chi connectivity index (χ3n) is 4.57. The molecule has 0 radical (unpaired) electrons. The monoisotopic (exact) mass is 447 g/mol. The lowest BCUT2D eigenvalue weighted by molar-refractivity contribution is -0.148. The minimum atomic E-state index is -1.79. The fraction of sp³-hybridized carbons (Fsp3) is 0.227. The Bertz CT molecular complexity index is 1290. The number of carboxylic acid groups (broad SMARTS) is 1. The molecule has 0 saturated heterocycles. The van der Waals surface area contributed by atoms with Gasteiger partial charge < -0.3 is 15.6 Å². The molecule has 0 fully saturated rings. The zero-order valence-corrected chi connectivity index (χ0v) is 17.7. The number of anilines is 1. The molecule has 0 aliphatic carbocycles. The van der Waals surface area contributed by atoms with Gasteiger partial charge in [0.2, 0.25) is 0 Å². The Labute approximate surface area is 180 Å². The molecule has 3 aromatic rings. The molecular formula is C22H20F3N3O4. The molecule has 0 unspecified atom stereocenters. The molecule has 0 spiro atoms. The average Bonchev–Trinajstić information content (AvgIpc) is 3.06. The van der Waals surface area contributed by atoms with Gasteiger partial charge in [-0.05, 0) is 39.0 Å². The van der Waals surface area contributed by atoms with Crippen molar-refractivity contribution in [1.29, 1.82) is 0 Å². The highest BCUT2D eigenvalue weighted by molar-refractivity contribution is 6.02. The number of carbonyl (C=O) groups is 2. The number of fused-ring (bicyclic) bond motifs is 1. The maximum atomic E-state index is 15.4. The number of nitrogens with zero attached hydrogens (tertiary/aromatic N) is 2. The Morgan fingerprint density at radius 2 is 1.84 bits per heavy atom. The smallest absolute Gasteiger partial charge is 0.340 e. The second-order valence-corrected chi connectivity index (χ2v) is 8.00. The molecule has 2 aromatic carbocycles. The van der Waals surface area contributed by atoms with E-state index in [0.29, 0.717) is 0 Å². The van der Waals surface area contributed by atoms with Gasteiger partial charge in [0, 0.05) is 29.8 Å². The lowest BCUT2D eigenvalue weighted by atomic mass is 9.92. The van der Waals surface area contributed by atoms with Crippen molar-refractivity contribution in [1.82, 2.24) is 9.78 Å². The predicted octanol–water partition coefficient (Wildman–Crippen LogP) is 4.29. The molecule has 1 aromatic heterocycles. The molecule has 3 rings (SSSR count). The summed E-state index contributed by atoms with van der Waals surface area (Å²) in [6.07, 6.45) is 2.96. The Morgan fingerprint density at radius 1 is 1.19 bits per heavy atom. The van der Waals surface area contributed by atoms with Crippen molar-refractivity contribution >= 4 is 34.6 Å². The van der Waals surface area contributed by atoms with Crippen molar-refractivity contribution in [3.63, 3.8) is 0 Å². The van der Waals surface area contributed by atoms with E-state index in [1.807, 2.05) is 0 Å². The Kier molecular flexibility index (Phi) is 5.73. The number of hydrogen-bond donors (Lipinski definition) is 2. The van der Waals surface area contributed by atoms with Crippen LogP contribution in [0.15, 0.2) is 24.4 Å². The van der Waals surface area contributed by atoms with Crippen LogP contribution in [0.1, 0.15) is 36.7 Å². The van der Waals surface area contributed by atoms with Gasteiger partial charge in [-0.1, -0.05) is 0 Å². The summed E-state index contributed by atoms with van der Waals surface area (Å²) in [5.41, 5.74) is 1.87. The maximum Gasteiger partial charge on any atom is 0.340 e. The van der Waals surface area contributed by atoms with Crippen LogP contribution in [-0.2, 0) is 16.6 Å². The first kappa shape index (κ1) is 22.9. The summed E-state index contributed by atoms with van der Waals surface area (Å²) in [4.78, 5) is 23.6. The Hall–Kier alpha value is -3.82. The first-order valence-electron chi connectivity index (χ1n) is 9.38. The molecule has 0 atom stereocenters. The van der Waals surface area contributed by atoms with Crippen LogP contribution in [-0.4, -0.2) is 32.4 Å². The molecule has 7 nitrogen and oxygen atoms in total. The fourth-order valence-corrected chi connectivity index (χ4v) is 3.30. The number of carbonyl (C=O) groups excluding carboxylic acids is 1. The van der Waals surface area contributed by atoms with Gasteiger partial charge >= 0.3 is 11.9 Å². The average molecular weight is 447 g/mol. The summed E-state index contributed by atoms with van der Waals surface area (Å²) in [5.74, 6) is -5.88. The topological polar surface area (TPSA) is 107 Å². The summed E-state index contributed by atoms with van der Waals surface area (Å²) in [6, 6.07) is 2.24. The van der Waals surface area contributed by atoms with Gasteiger partial charge in [-0.25, -0.2) is 22.8 Å². The summed E-state index contributed by atoms with van der Waals surface area (Å²) in [5, 5.41) is 13.3. The number of nitrogen functional groups attached to an aromatic ring is 1. The third-order valence-corrected chi connectivity index (χ3v) is 4.57. The Morgan fingerprint density at radius 3 is 2.44 bits per heavy atom. The number of carboxylic acids is 1. The number of halogens is 3. The number of aryl methyl sites for hydroxylation is 1. The van der Waals surface area contributed by atoms with E-state index in [1.165, 1.54) is 24.0 Å². The lowest BCUT2D eigenvalue weighted by Gasteiger charge is -2.18. The fourth-order valence-electron chi connectivity index (χ4n) is 3.30. The number of ether oxygens (including phenoxy) is 1. The second kappa shape index (κ2) is 8.03. The molecule has 0 bridgehead atoms. The van der Waals surface area contributed by atoms with Crippen LogP contribution in [0.25, 0.3) is 28.1 Å². The first-order valence-corrected chi connectivity index (χ1v) is 9.38. The number of esters is 1. The van der Waals surface area contributed by atoms with E-state index >= 15 is 8.78 Å². The molecule has 10 heteroatoms. The van der Waals surface area contributed by atoms with E-state index in [9.17, 15) is 19.1 Å². The summed E-state index contributed by atoms with van der Waals surface area (Å²) in [7, 11) is 1.48. The number of nitrogens with two attached hydrogens (primary N) is 1. The summed E-state index contributed by atoms with van der Waals surface area (Å²) in [6.45, 7) is 4.86. The minimum Gasteiger partial charge on any atom is -0.478 e. The van der Waals surface area contributed by atoms with Gasteiger partial charge in [0.15, 0.2) is 5.82 Å². The highest BCUT2D eigenvalue weighted by Crippen LogP contribution is 2.39. The van der Waals surface area contributed by atoms with Crippen LogP contribution in [0.3, 0.4) is 0 Å². The van der Waals surface area contributed by atoms with Crippen molar-refractivity contribution in [3.8, 4) is 11.1 Å². The van der Waals surface area contributed by atoms with Gasteiger partial charge in [0.1, 0.15) is 22.8 Å². The van der Waals surface area contributed by atoms with Gasteiger partial charge in [-0.2, -0.15) is 5.10 Å². The first-order chi connectivity index (χ1) is 14.8. The number of rotatable bonds is 4. The molecule has 1 heterocycles. The van der Waals surface area contributed by atoms with Crippen molar-refractivity contribution in [3.05, 3.63) is 53.0 Å². The van der Waals surface area contributed by atoms with E-state index in [-0.39, 0.29) is 16.5 Å². The normalized spacial score (nSPS) is 12.0. The number of aromatic nitrogens is 2. The van der Waals surface area contributed by atoms with Crippen molar-refractivity contribution in [2.24, 2.45) is 7.05 Å². The van der Waals surface area contributed by atoms with E-state index < -0.39 is 57.4 Å². The largest absolute Gasteiger partial charge is 0.478 e. The van der Waals surface area contributed by atoms with Gasteiger partial charge in [-0.3, -0.25) is 4.68 Å². The Balaban J connectivity index is 2.37. The molecule has 0 aliphatic rings. The van der Waals surface area contributed by atoms with E-state index in [2.05, 4.69) is 5.10 Å². The van der Waals surface area contributed by atoms with Gasteiger partial charge in [0.25, 0.3) is 0 Å². The molecular weight excluding hydrogens is 427 g/mol. The van der Waals surface area contributed by atoms with Gasteiger partial charge in [-0.15, -0.1) is 0 Å². The minimum absolute atomic E-state index is 0.00489. The predicted molar refractivity (Wildman–Crippen MR) is 112 cm³/mol. The number of aromatic carboxylic acids is 1. The highest BCUT2D eigenvalue weighted by Gasteiger charge is 2.28. The molecule has 0 saturated carbocycles. The zero-order valence-electron chi connectivity index (χ0n) is 17.7. The third kappa shape index (κ3) is 4.03. The molecule has 0 aliphatic heterocycles. The van der Waals surface area contributed by atoms with E-state index in [4.69, 9.17) is 10.5 Å². The molecule has 3 N–H and O–H groups in total. The van der Waals surface area contributed by atoms with Crippen LogP contribution in [0, 0.1) is 17.5 Å². The van der Waals surface area contributed by atoms with Crippen molar-refractivity contribution in [2.45, 2.75) is 26.4 Å². The van der Waals surface area contributed by atoms with Crippen molar-refractivity contribution in [2.75, 3.05) is 5.73 Å². The summed E-state index contributed by atoms with van der Waals surface area (Å²) < 4.78 is 51.3. The zero-order chi connectivity index (χ0) is 24.0. The SMILES string of the molecule is Cn1ncc2c(F)ccc(-c3c(F)c(N)c(C(=O)O)c(F)c3C=CC(=O)OC(C)(C)C)c21. The lowest BCUT2D eigenvalue weighted by Crippen LogP contribution is -2.22. The van der Waals surface area contributed by atoms with E-state index in [0.717, 1.165) is 18.2 Å². The van der Waals surface area contributed by atoms with Gasteiger partial charge in [0.05, 0.1) is 22.8 Å². The van der Waals surface area contributed by atoms with Crippen LogP contribution in [0.4, 0.5) is 18.9 Å². The van der Waals surface area contributed by atoms with Crippen LogP contribution in [0.5, 0.6) is 0 Å². The highest BCUT2D eigenvalue weighted by atomic mass is 19.1. The standard InChI is InChI=1S/C22H20F3N3O4/c1-22(2,3)32-14(29)8-6-10-15(18(25)19(26)16(17(10)24)21(30)31)11-5-7-13(23)12-9-27-28(4)20(11)12/h5-9H,26H2,1-4H3,(H,30,31).